The van der Waals surface area contributed by atoms with Crippen molar-refractivity contribution in [1.29, 1.82) is 0 Å². The van der Waals surface area contributed by atoms with E-state index in [0.29, 0.717) is 37.7 Å². The van der Waals surface area contributed by atoms with Gasteiger partial charge in [0.05, 0.1) is 33.4 Å². The van der Waals surface area contributed by atoms with Crippen LogP contribution in [0.2, 0.25) is 5.02 Å². The third-order valence-electron chi connectivity index (χ3n) is 7.67. The lowest BCUT2D eigenvalue weighted by Crippen LogP contribution is -2.40. The summed E-state index contributed by atoms with van der Waals surface area (Å²) < 4.78 is 9.29. The SMILES string of the molecule is CCOC(=O)C1=C(C)N=c2s/c(=C/c3cn(Cc4ccccc4Cl)c4ccccc34)c(=O)n2[C@@H]1c1ccc(C)c([N+](=O)[O-])c1. The first-order valence-electron chi connectivity index (χ1n) is 13.9. The van der Waals surface area contributed by atoms with E-state index in [1.54, 1.807) is 32.9 Å². The van der Waals surface area contributed by atoms with Crippen LogP contribution >= 0.6 is 22.9 Å². The maximum atomic E-state index is 14.1. The molecule has 0 spiro atoms. The number of aryl methyl sites for hydroxylation is 1. The van der Waals surface area contributed by atoms with Gasteiger partial charge >= 0.3 is 5.97 Å². The lowest BCUT2D eigenvalue weighted by Gasteiger charge is -2.24. The molecule has 0 aliphatic carbocycles. The summed E-state index contributed by atoms with van der Waals surface area (Å²) in [6.07, 6.45) is 3.82. The largest absolute Gasteiger partial charge is 0.463 e. The van der Waals surface area contributed by atoms with Gasteiger partial charge in [-0.05, 0) is 50.1 Å². The smallest absolute Gasteiger partial charge is 0.338 e. The number of fused-ring (bicyclic) bond motifs is 2. The first kappa shape index (κ1) is 29.3. The summed E-state index contributed by atoms with van der Waals surface area (Å²) in [6, 6.07) is 19.4. The Balaban J connectivity index is 1.54. The lowest BCUT2D eigenvalue weighted by molar-refractivity contribution is -0.385. The highest BCUT2D eigenvalue weighted by atomic mass is 35.5. The summed E-state index contributed by atoms with van der Waals surface area (Å²) >= 11 is 7.66. The van der Waals surface area contributed by atoms with Gasteiger partial charge in [-0.1, -0.05) is 71.5 Å². The lowest BCUT2D eigenvalue weighted by atomic mass is 9.94. The van der Waals surface area contributed by atoms with Gasteiger partial charge in [0.2, 0.25) is 0 Å². The van der Waals surface area contributed by atoms with E-state index in [-0.39, 0.29) is 23.4 Å². The number of hydrogen-bond acceptors (Lipinski definition) is 7. The highest BCUT2D eigenvalue weighted by Crippen LogP contribution is 2.33. The number of nitro groups is 1. The van der Waals surface area contributed by atoms with E-state index in [4.69, 9.17) is 16.3 Å². The Morgan fingerprint density at radius 3 is 2.64 bits per heavy atom. The molecule has 0 unspecified atom stereocenters. The van der Waals surface area contributed by atoms with Gasteiger partial charge < -0.3 is 9.30 Å². The molecular formula is C33H27ClN4O5S. The average Bonchev–Trinajstić information content (AvgIpc) is 3.50. The number of aromatic nitrogens is 2. The number of halogens is 1. The van der Waals surface area contributed by atoms with Crippen LogP contribution in [0.3, 0.4) is 0 Å². The van der Waals surface area contributed by atoms with Crippen molar-refractivity contribution >= 4 is 51.6 Å². The van der Waals surface area contributed by atoms with Crippen molar-refractivity contribution in [3.63, 3.8) is 0 Å². The van der Waals surface area contributed by atoms with Crippen molar-refractivity contribution in [1.82, 2.24) is 9.13 Å². The fourth-order valence-electron chi connectivity index (χ4n) is 5.57. The van der Waals surface area contributed by atoms with Crippen LogP contribution in [0.15, 0.2) is 94.0 Å². The molecule has 0 radical (unpaired) electrons. The van der Waals surface area contributed by atoms with Crippen LogP contribution in [-0.2, 0) is 16.1 Å². The molecule has 222 valence electrons. The number of nitrogens with zero attached hydrogens (tertiary/aromatic N) is 4. The molecule has 0 N–H and O–H groups in total. The maximum absolute atomic E-state index is 14.1. The van der Waals surface area contributed by atoms with E-state index < -0.39 is 16.9 Å². The Bertz CT molecular complexity index is 2190. The van der Waals surface area contributed by atoms with Crippen LogP contribution in [0.4, 0.5) is 5.69 Å². The van der Waals surface area contributed by atoms with Gasteiger partial charge in [0.15, 0.2) is 4.80 Å². The molecule has 0 bridgehead atoms. The van der Waals surface area contributed by atoms with Crippen LogP contribution in [0.25, 0.3) is 17.0 Å². The monoisotopic (exact) mass is 626 g/mol. The topological polar surface area (TPSA) is 109 Å². The van der Waals surface area contributed by atoms with Crippen molar-refractivity contribution in [2.24, 2.45) is 4.99 Å². The highest BCUT2D eigenvalue weighted by molar-refractivity contribution is 7.07. The van der Waals surface area contributed by atoms with Crippen LogP contribution in [0.5, 0.6) is 0 Å². The molecule has 0 saturated heterocycles. The fourth-order valence-corrected chi connectivity index (χ4v) is 6.81. The predicted molar refractivity (Wildman–Crippen MR) is 171 cm³/mol. The maximum Gasteiger partial charge on any atom is 0.338 e. The number of esters is 1. The second-order valence-electron chi connectivity index (χ2n) is 10.4. The first-order valence-corrected chi connectivity index (χ1v) is 15.1. The molecule has 3 aromatic carbocycles. The molecule has 5 aromatic rings. The normalized spacial score (nSPS) is 14.9. The number of carbonyl (C=O) groups excluding carboxylic acids is 1. The van der Waals surface area contributed by atoms with Crippen molar-refractivity contribution in [2.75, 3.05) is 6.61 Å². The number of benzene rings is 3. The van der Waals surface area contributed by atoms with E-state index in [1.807, 2.05) is 60.8 Å². The van der Waals surface area contributed by atoms with E-state index in [0.717, 1.165) is 22.0 Å². The van der Waals surface area contributed by atoms with Crippen LogP contribution in [0.1, 0.15) is 42.1 Å². The molecule has 0 fully saturated rings. The molecule has 1 atom stereocenters. The van der Waals surface area contributed by atoms with Crippen molar-refractivity contribution in [2.45, 2.75) is 33.4 Å². The summed E-state index contributed by atoms with van der Waals surface area (Å²) in [5.74, 6) is -0.626. The van der Waals surface area contributed by atoms with Gasteiger partial charge in [-0.2, -0.15) is 0 Å². The number of ether oxygens (including phenoxy) is 1. The third kappa shape index (κ3) is 5.16. The molecule has 6 rings (SSSR count). The molecule has 44 heavy (non-hydrogen) atoms. The highest BCUT2D eigenvalue weighted by Gasteiger charge is 2.34. The van der Waals surface area contributed by atoms with Crippen molar-refractivity contribution in [3.8, 4) is 0 Å². The Morgan fingerprint density at radius 1 is 1.14 bits per heavy atom. The zero-order valence-electron chi connectivity index (χ0n) is 24.1. The summed E-state index contributed by atoms with van der Waals surface area (Å²) in [6.45, 7) is 5.68. The number of carbonyl (C=O) groups is 1. The number of rotatable bonds is 7. The van der Waals surface area contributed by atoms with Crippen LogP contribution < -0.4 is 14.9 Å². The van der Waals surface area contributed by atoms with Gasteiger partial charge in [0.25, 0.3) is 11.2 Å². The number of hydrogen-bond donors (Lipinski definition) is 0. The summed E-state index contributed by atoms with van der Waals surface area (Å²) in [7, 11) is 0. The Morgan fingerprint density at radius 2 is 1.89 bits per heavy atom. The quantitative estimate of drug-likeness (QED) is 0.131. The minimum absolute atomic E-state index is 0.103. The predicted octanol–water partition coefficient (Wildman–Crippen LogP) is 5.67. The second-order valence-corrected chi connectivity index (χ2v) is 11.8. The van der Waals surface area contributed by atoms with Gasteiger partial charge in [-0.3, -0.25) is 19.5 Å². The average molecular weight is 627 g/mol. The van der Waals surface area contributed by atoms with E-state index in [9.17, 15) is 19.7 Å². The fraction of sp³-hybridized carbons (Fsp3) is 0.182. The summed E-state index contributed by atoms with van der Waals surface area (Å²) in [5.41, 5.74) is 3.77. The molecule has 2 aromatic heterocycles. The molecule has 3 heterocycles. The van der Waals surface area contributed by atoms with E-state index >= 15 is 0 Å². The molecular weight excluding hydrogens is 600 g/mol. The van der Waals surface area contributed by atoms with Crippen molar-refractivity contribution in [3.05, 3.63) is 141 Å². The molecule has 11 heteroatoms. The van der Waals surface area contributed by atoms with Gasteiger partial charge in [-0.25, -0.2) is 9.79 Å². The molecule has 0 saturated carbocycles. The standard InChI is InChI=1S/C33H27ClN4O5S/c1-4-43-32(40)29-20(3)35-33-37(30(29)21-14-13-19(2)27(15-21)38(41)42)31(39)28(44-33)16-23-18-36(26-12-8-6-10-24(23)26)17-22-9-5-7-11-25(22)34/h5-16,18,30H,4,17H2,1-3H3/b28-16+/t30-/m1/s1. The van der Waals surface area contributed by atoms with Crippen molar-refractivity contribution < 1.29 is 14.5 Å². The third-order valence-corrected chi connectivity index (χ3v) is 9.02. The second kappa shape index (κ2) is 11.7. The zero-order chi connectivity index (χ0) is 31.1. The Labute approximate surface area is 260 Å². The van der Waals surface area contributed by atoms with Gasteiger partial charge in [-0.15, -0.1) is 0 Å². The molecule has 9 nitrogen and oxygen atoms in total. The minimum Gasteiger partial charge on any atom is -0.463 e. The summed E-state index contributed by atoms with van der Waals surface area (Å²) in [5, 5.41) is 13.4. The number of thiazole rings is 1. The number of nitro benzene ring substituents is 1. The van der Waals surface area contributed by atoms with Gasteiger partial charge in [0.1, 0.15) is 0 Å². The van der Waals surface area contributed by atoms with E-state index in [2.05, 4.69) is 9.56 Å². The number of para-hydroxylation sites is 1. The van der Waals surface area contributed by atoms with Gasteiger partial charge in [0, 0.05) is 45.9 Å². The van der Waals surface area contributed by atoms with Crippen LogP contribution in [0, 0.1) is 17.0 Å². The minimum atomic E-state index is -0.951. The van der Waals surface area contributed by atoms with Crippen LogP contribution in [-0.4, -0.2) is 26.6 Å². The first-order chi connectivity index (χ1) is 21.2. The molecule has 1 aliphatic rings. The number of allylic oxidation sites excluding steroid dienone is 1. The Hall–Kier alpha value is -4.80. The molecule has 1 aliphatic heterocycles. The Kier molecular flexibility index (Phi) is 7.79. The zero-order valence-corrected chi connectivity index (χ0v) is 25.7. The molecule has 0 amide bonds. The van der Waals surface area contributed by atoms with E-state index in [1.165, 1.54) is 22.0 Å². The summed E-state index contributed by atoms with van der Waals surface area (Å²) in [4.78, 5) is 43.7.